The smallest absolute Gasteiger partial charge is 0.338 e. The number of amides is 1. The summed E-state index contributed by atoms with van der Waals surface area (Å²) in [5, 5.41) is 0. The zero-order valence-electron chi connectivity index (χ0n) is 12.7. The van der Waals surface area contributed by atoms with Gasteiger partial charge in [-0.15, -0.1) is 0 Å². The first-order valence-electron chi connectivity index (χ1n) is 7.69. The summed E-state index contributed by atoms with van der Waals surface area (Å²) in [5.41, 5.74) is 0.454. The minimum absolute atomic E-state index is 0.00761. The van der Waals surface area contributed by atoms with Gasteiger partial charge in [-0.3, -0.25) is 9.36 Å². The van der Waals surface area contributed by atoms with E-state index in [1.54, 1.807) is 23.2 Å². The fourth-order valence-corrected chi connectivity index (χ4v) is 3.06. The molecule has 0 spiro atoms. The van der Waals surface area contributed by atoms with Crippen LogP contribution in [0.5, 0.6) is 0 Å². The minimum Gasteiger partial charge on any atom is -0.338 e. The first-order valence-corrected chi connectivity index (χ1v) is 7.69. The first-order chi connectivity index (χ1) is 11.1. The Balaban J connectivity index is 1.70. The zero-order valence-corrected chi connectivity index (χ0v) is 12.7. The number of hydrogen-bond donors (Lipinski definition) is 0. The summed E-state index contributed by atoms with van der Waals surface area (Å²) >= 11 is 0. The molecule has 0 N–H and O–H groups in total. The molecule has 23 heavy (non-hydrogen) atoms. The highest BCUT2D eigenvalue weighted by molar-refractivity contribution is 5.76. The highest BCUT2D eigenvalue weighted by Gasteiger charge is 2.28. The molecule has 1 aliphatic heterocycles. The molecule has 0 saturated carbocycles. The Morgan fingerprint density at radius 2 is 2.22 bits per heavy atom. The first kappa shape index (κ1) is 15.4. The quantitative estimate of drug-likeness (QED) is 0.861. The van der Waals surface area contributed by atoms with E-state index in [9.17, 15) is 14.0 Å². The molecular weight excluding hydrogens is 297 g/mol. The molecule has 1 aromatic heterocycles. The van der Waals surface area contributed by atoms with Crippen molar-refractivity contribution in [1.82, 2.24) is 14.5 Å². The van der Waals surface area contributed by atoms with Crippen molar-refractivity contribution in [2.24, 2.45) is 0 Å². The molecule has 1 saturated heterocycles. The molecule has 6 heteroatoms. The maximum Gasteiger partial charge on any atom is 0.347 e. The van der Waals surface area contributed by atoms with Crippen LogP contribution in [0.2, 0.25) is 0 Å². The summed E-state index contributed by atoms with van der Waals surface area (Å²) in [6.07, 6.45) is 5.42. The van der Waals surface area contributed by atoms with E-state index in [4.69, 9.17) is 0 Å². The van der Waals surface area contributed by atoms with Crippen LogP contribution in [0.4, 0.5) is 4.39 Å². The molecule has 2 heterocycles. The van der Waals surface area contributed by atoms with E-state index in [1.807, 2.05) is 6.07 Å². The van der Waals surface area contributed by atoms with Gasteiger partial charge < -0.3 is 4.90 Å². The summed E-state index contributed by atoms with van der Waals surface area (Å²) < 4.78 is 14.6. The molecule has 2 aromatic rings. The van der Waals surface area contributed by atoms with Crippen LogP contribution in [-0.2, 0) is 17.8 Å². The molecule has 0 aliphatic carbocycles. The summed E-state index contributed by atoms with van der Waals surface area (Å²) in [4.78, 5) is 29.6. The van der Waals surface area contributed by atoms with Crippen molar-refractivity contribution in [2.75, 3.05) is 6.54 Å². The van der Waals surface area contributed by atoms with Crippen molar-refractivity contribution in [3.8, 4) is 0 Å². The lowest BCUT2D eigenvalue weighted by Gasteiger charge is -2.25. The number of benzene rings is 1. The van der Waals surface area contributed by atoms with E-state index in [2.05, 4.69) is 4.98 Å². The Morgan fingerprint density at radius 3 is 3.00 bits per heavy atom. The van der Waals surface area contributed by atoms with Crippen LogP contribution in [0.3, 0.4) is 0 Å². The van der Waals surface area contributed by atoms with Crippen molar-refractivity contribution in [2.45, 2.75) is 31.8 Å². The average molecular weight is 315 g/mol. The topological polar surface area (TPSA) is 55.2 Å². The Kier molecular flexibility index (Phi) is 4.50. The number of nitrogens with zero attached hydrogens (tertiary/aromatic N) is 3. The molecule has 0 bridgehead atoms. The number of carbonyl (C=O) groups is 1. The van der Waals surface area contributed by atoms with E-state index in [-0.39, 0.29) is 24.3 Å². The Hall–Kier alpha value is -2.50. The molecule has 0 radical (unpaired) electrons. The van der Waals surface area contributed by atoms with Gasteiger partial charge in [0, 0.05) is 25.0 Å². The zero-order chi connectivity index (χ0) is 16.2. The molecule has 120 valence electrons. The number of hydrogen-bond acceptors (Lipinski definition) is 3. The second kappa shape index (κ2) is 6.73. The molecule has 5 nitrogen and oxygen atoms in total. The van der Waals surface area contributed by atoms with Crippen LogP contribution in [0.1, 0.15) is 18.4 Å². The van der Waals surface area contributed by atoms with Gasteiger partial charge in [0.2, 0.25) is 5.91 Å². The van der Waals surface area contributed by atoms with Crippen LogP contribution in [-0.4, -0.2) is 32.9 Å². The number of aromatic nitrogens is 2. The van der Waals surface area contributed by atoms with E-state index < -0.39 is 5.69 Å². The molecule has 1 aromatic carbocycles. The lowest BCUT2D eigenvalue weighted by Crippen LogP contribution is -2.40. The van der Waals surface area contributed by atoms with Gasteiger partial charge in [0.25, 0.3) is 0 Å². The third-order valence-corrected chi connectivity index (χ3v) is 4.15. The van der Waals surface area contributed by atoms with Gasteiger partial charge in [0.1, 0.15) is 12.4 Å². The second-order valence-corrected chi connectivity index (χ2v) is 5.75. The largest absolute Gasteiger partial charge is 0.347 e. The predicted octanol–water partition coefficient (Wildman–Crippen LogP) is 1.62. The maximum absolute atomic E-state index is 13.3. The van der Waals surface area contributed by atoms with E-state index in [0.29, 0.717) is 13.0 Å². The summed E-state index contributed by atoms with van der Waals surface area (Å²) in [5.74, 6) is -0.362. The van der Waals surface area contributed by atoms with Crippen LogP contribution in [0, 0.1) is 5.82 Å². The Morgan fingerprint density at radius 1 is 1.35 bits per heavy atom. The lowest BCUT2D eigenvalue weighted by molar-refractivity contribution is -0.132. The Labute approximate surface area is 133 Å². The van der Waals surface area contributed by atoms with E-state index in [0.717, 1.165) is 18.4 Å². The molecular formula is C17H18FN3O2. The number of likely N-dealkylation sites (tertiary alicyclic amines) is 1. The standard InChI is InChI=1S/C17H18FN3O2/c18-14-5-1-4-13(10-14)11-15-6-2-9-21(15)16(22)12-20-8-3-7-19-17(20)23/h1,3-5,7-8,10,15H,2,6,9,11-12H2. The molecule has 1 amide bonds. The Bertz CT molecular complexity index is 759. The van der Waals surface area contributed by atoms with Gasteiger partial charge in [-0.2, -0.15) is 0 Å². The average Bonchev–Trinajstić information content (AvgIpc) is 2.98. The molecule has 3 rings (SSSR count). The van der Waals surface area contributed by atoms with E-state index in [1.165, 1.54) is 22.9 Å². The third kappa shape index (κ3) is 3.64. The van der Waals surface area contributed by atoms with Crippen LogP contribution in [0.15, 0.2) is 47.5 Å². The van der Waals surface area contributed by atoms with Crippen molar-refractivity contribution in [3.63, 3.8) is 0 Å². The second-order valence-electron chi connectivity index (χ2n) is 5.75. The van der Waals surface area contributed by atoms with Crippen molar-refractivity contribution < 1.29 is 9.18 Å². The normalized spacial score (nSPS) is 17.4. The van der Waals surface area contributed by atoms with Gasteiger partial charge >= 0.3 is 5.69 Å². The fraction of sp³-hybridized carbons (Fsp3) is 0.353. The van der Waals surface area contributed by atoms with Crippen molar-refractivity contribution >= 4 is 5.91 Å². The predicted molar refractivity (Wildman–Crippen MR) is 83.3 cm³/mol. The lowest BCUT2D eigenvalue weighted by atomic mass is 10.0. The molecule has 1 atom stereocenters. The van der Waals surface area contributed by atoms with Crippen LogP contribution < -0.4 is 5.69 Å². The number of rotatable bonds is 4. The van der Waals surface area contributed by atoms with Gasteiger partial charge in [-0.1, -0.05) is 12.1 Å². The summed E-state index contributed by atoms with van der Waals surface area (Å²) in [7, 11) is 0. The van der Waals surface area contributed by atoms with Gasteiger partial charge in [0.05, 0.1) is 0 Å². The maximum atomic E-state index is 13.3. The molecule has 1 aliphatic rings. The molecule has 1 fully saturated rings. The van der Waals surface area contributed by atoms with Crippen LogP contribution >= 0.6 is 0 Å². The minimum atomic E-state index is -0.429. The number of carbonyl (C=O) groups excluding carboxylic acids is 1. The van der Waals surface area contributed by atoms with Gasteiger partial charge in [-0.25, -0.2) is 14.2 Å². The highest BCUT2D eigenvalue weighted by Crippen LogP contribution is 2.22. The fourth-order valence-electron chi connectivity index (χ4n) is 3.06. The van der Waals surface area contributed by atoms with E-state index >= 15 is 0 Å². The summed E-state index contributed by atoms with van der Waals surface area (Å²) in [6, 6.07) is 8.15. The van der Waals surface area contributed by atoms with Gasteiger partial charge in [-0.05, 0) is 43.0 Å². The molecule has 1 unspecified atom stereocenters. The highest BCUT2D eigenvalue weighted by atomic mass is 19.1. The van der Waals surface area contributed by atoms with Crippen molar-refractivity contribution in [1.29, 1.82) is 0 Å². The monoisotopic (exact) mass is 315 g/mol. The SMILES string of the molecule is O=C(Cn1cccnc1=O)N1CCCC1Cc1cccc(F)c1. The summed E-state index contributed by atoms with van der Waals surface area (Å²) in [6.45, 7) is 0.667. The third-order valence-electron chi connectivity index (χ3n) is 4.15. The number of halogens is 1. The van der Waals surface area contributed by atoms with Crippen molar-refractivity contribution in [3.05, 3.63) is 64.6 Å². The van der Waals surface area contributed by atoms with Gasteiger partial charge in [0.15, 0.2) is 0 Å². The van der Waals surface area contributed by atoms with Crippen LogP contribution in [0.25, 0.3) is 0 Å².